The number of ether oxygens (including phenoxy) is 2. The number of aromatic nitrogens is 4. The number of nitrogens with zero attached hydrogens (tertiary/aromatic N) is 3. The van der Waals surface area contributed by atoms with Crippen LogP contribution in [-0.4, -0.2) is 318 Å². The molecule has 0 spiro atoms. The van der Waals surface area contributed by atoms with Gasteiger partial charge in [-0.15, -0.1) is 12.3 Å². The van der Waals surface area contributed by atoms with Crippen LogP contribution in [0.2, 0.25) is 0 Å². The molecule has 4 fully saturated rings. The van der Waals surface area contributed by atoms with Crippen LogP contribution in [0.3, 0.4) is 0 Å². The van der Waals surface area contributed by atoms with Crippen molar-refractivity contribution in [3.05, 3.63) is 90.3 Å². The largest absolute Gasteiger partial charge is 0.481 e. The predicted octanol–water partition coefficient (Wildman–Crippen LogP) is -2.35. The highest BCUT2D eigenvalue weighted by molar-refractivity contribution is 8.76. The third kappa shape index (κ3) is 33.3. The Hall–Kier alpha value is -13.2. The van der Waals surface area contributed by atoms with E-state index in [0.717, 1.165) is 38.3 Å². The average Bonchev–Trinajstić information content (AvgIpc) is 1.64. The third-order valence-electron chi connectivity index (χ3n) is 23.6. The van der Waals surface area contributed by atoms with Crippen molar-refractivity contribution in [1.82, 2.24) is 109 Å². The molecule has 139 heavy (non-hydrogen) atoms. The zero-order chi connectivity index (χ0) is 101. The molecule has 9 rings (SSSR count). The second-order valence-corrected chi connectivity index (χ2v) is 38.4. The normalized spacial score (nSPS) is 24.9. The van der Waals surface area contributed by atoms with E-state index >= 15 is 47.9 Å². The van der Waals surface area contributed by atoms with Crippen molar-refractivity contribution >= 4 is 156 Å². The molecule has 47 heteroatoms. The van der Waals surface area contributed by atoms with Crippen LogP contribution in [0.1, 0.15) is 149 Å². The molecule has 0 saturated carbocycles. The summed E-state index contributed by atoms with van der Waals surface area (Å²) in [6, 6.07) is -11.0. The maximum atomic E-state index is 15.7. The highest BCUT2D eigenvalue weighted by Crippen LogP contribution is 2.30. The lowest BCUT2D eigenvalue weighted by Crippen LogP contribution is -2.63. The van der Waals surface area contributed by atoms with Gasteiger partial charge in [-0.1, -0.05) is 99.5 Å². The number of benzene rings is 2. The number of rotatable bonds is 30. The molecule has 16 atom stereocenters. The van der Waals surface area contributed by atoms with E-state index in [9.17, 15) is 58.5 Å². The molecule has 2 aromatic carbocycles. The van der Waals surface area contributed by atoms with E-state index in [1.807, 2.05) is 0 Å². The first-order valence-electron chi connectivity index (χ1n) is 46.4. The molecule has 7 heterocycles. The summed E-state index contributed by atoms with van der Waals surface area (Å²) < 4.78 is 11.2. The van der Waals surface area contributed by atoms with Gasteiger partial charge in [-0.25, -0.2) is 4.98 Å². The average molecular weight is 1980 g/mol. The van der Waals surface area contributed by atoms with Crippen LogP contribution in [-0.2, 0) is 120 Å². The predicted molar refractivity (Wildman–Crippen MR) is 506 cm³/mol. The molecular formula is C92H127N21O24S2. The number of carbonyl (C=O) groups is 19. The third-order valence-corrected chi connectivity index (χ3v) is 26.0. The second kappa shape index (κ2) is 53.7. The number of carboxylic acids is 2. The Labute approximate surface area is 809 Å². The van der Waals surface area contributed by atoms with Crippen molar-refractivity contribution in [2.75, 3.05) is 64.1 Å². The molecule has 0 radical (unpaired) electrons. The minimum Gasteiger partial charge on any atom is -0.481 e. The van der Waals surface area contributed by atoms with Gasteiger partial charge >= 0.3 is 11.9 Å². The fourth-order valence-corrected chi connectivity index (χ4v) is 18.7. The monoisotopic (exact) mass is 1970 g/mol. The number of amides is 17. The van der Waals surface area contributed by atoms with Gasteiger partial charge in [0.05, 0.1) is 51.8 Å². The number of aliphatic hydroxyl groups excluding tert-OH is 1. The van der Waals surface area contributed by atoms with Gasteiger partial charge in [-0.05, 0) is 99.8 Å². The van der Waals surface area contributed by atoms with Crippen molar-refractivity contribution in [3.63, 3.8) is 0 Å². The summed E-state index contributed by atoms with van der Waals surface area (Å²) in [7, 11) is 1.50. The van der Waals surface area contributed by atoms with Gasteiger partial charge in [0.25, 0.3) is 0 Å². The maximum absolute atomic E-state index is 15.7. The van der Waals surface area contributed by atoms with E-state index in [2.05, 4.69) is 106 Å². The summed E-state index contributed by atoms with van der Waals surface area (Å²) in [5, 5.41) is 72.5. The van der Waals surface area contributed by atoms with Crippen LogP contribution < -0.4 is 79.8 Å². The van der Waals surface area contributed by atoms with Crippen molar-refractivity contribution in [2.24, 2.45) is 17.8 Å². The molecule has 45 nitrogen and oxygen atoms in total. The topological polar surface area (TPSA) is 651 Å². The Morgan fingerprint density at radius 1 is 0.532 bits per heavy atom. The number of hydrogen-bond donors (Lipinski definition) is 21. The molecule has 4 aliphatic rings. The molecule has 3 aromatic heterocycles. The Balaban J connectivity index is 1.11. The number of hydrogen-bond acceptors (Lipinski definition) is 25. The zero-order valence-corrected chi connectivity index (χ0v) is 80.4. The summed E-state index contributed by atoms with van der Waals surface area (Å²) in [5.41, 5.74) is 2.37. The zero-order valence-electron chi connectivity index (χ0n) is 78.7. The van der Waals surface area contributed by atoms with E-state index < -0.39 is 253 Å². The van der Waals surface area contributed by atoms with Crippen molar-refractivity contribution in [2.45, 2.75) is 248 Å². The molecule has 5 aromatic rings. The number of aliphatic hydroxyl groups is 1. The summed E-state index contributed by atoms with van der Waals surface area (Å²) in [5.74, 6) is -20.0. The van der Waals surface area contributed by atoms with Gasteiger partial charge in [-0.3, -0.25) is 91.1 Å². The number of para-hydroxylation sites is 2. The number of carboxylic acid groups (broad SMARTS) is 2. The lowest BCUT2D eigenvalue weighted by atomic mass is 9.98. The number of aliphatic carboxylic acids is 2. The SMILES string of the molecule is C#CCCCC(=O)NCCOCCOCCC(=O)N[C@H]1C[C@H]2C(=O)NC(CC(=O)O)C(=O)N[C@H]3CSSC[C@H](NC(=O)[C@H](Cc4c[nH]c5ccccc45)NC(=O)[C@H](C(C)C)NC(=O)[C@H](CC(C)C)NC(=O)[C@H](CCC(=O)O)NC(=O)CNC(=O)[C@H](CC(C)C)NC(=O)[C@H](Cc4cnc[nH]4)NC(=O)[C@H](Cc4c[nH]c5ccccc45)NC(=O)[C@H](C)NC3=O)C(=O)N[C@@H]([C@@H](C)O)C(=O)N3CCC[C@@H]3C(=O)N2C1. The van der Waals surface area contributed by atoms with Gasteiger partial charge in [0, 0.05) is 128 Å². The van der Waals surface area contributed by atoms with Gasteiger partial charge in [0.1, 0.15) is 84.6 Å². The number of fused-ring (bicyclic) bond motifs is 9. The summed E-state index contributed by atoms with van der Waals surface area (Å²) in [6.07, 6.45) is 6.26. The van der Waals surface area contributed by atoms with Gasteiger partial charge < -0.3 is 129 Å². The van der Waals surface area contributed by atoms with Crippen LogP contribution in [0.25, 0.3) is 21.8 Å². The molecule has 4 aliphatic heterocycles. The molecule has 756 valence electrons. The second-order valence-electron chi connectivity index (χ2n) is 35.9. The molecule has 4 saturated heterocycles. The number of H-pyrrole nitrogens is 3. The molecule has 17 amide bonds. The van der Waals surface area contributed by atoms with E-state index in [1.54, 1.807) is 102 Å². The number of carbonyl (C=O) groups excluding carboxylic acids is 17. The number of nitrogens with one attached hydrogen (secondary N) is 18. The fraction of sp³-hybridized carbons (Fsp3) is 0.565. The van der Waals surface area contributed by atoms with Crippen molar-refractivity contribution in [3.8, 4) is 12.3 Å². The van der Waals surface area contributed by atoms with Crippen molar-refractivity contribution in [1.29, 1.82) is 0 Å². The van der Waals surface area contributed by atoms with E-state index in [1.165, 1.54) is 19.4 Å². The summed E-state index contributed by atoms with van der Waals surface area (Å²) in [4.78, 5) is 292. The van der Waals surface area contributed by atoms with Crippen LogP contribution in [0.5, 0.6) is 0 Å². The highest BCUT2D eigenvalue weighted by Gasteiger charge is 2.49. The van der Waals surface area contributed by atoms with Crippen LogP contribution >= 0.6 is 21.6 Å². The Bertz CT molecular complexity index is 5240. The molecule has 21 N–H and O–H groups in total. The summed E-state index contributed by atoms with van der Waals surface area (Å²) >= 11 is 0. The van der Waals surface area contributed by atoms with E-state index in [4.69, 9.17) is 15.9 Å². The molecular weight excluding hydrogens is 1850 g/mol. The van der Waals surface area contributed by atoms with E-state index in [0.29, 0.717) is 45.8 Å². The molecule has 1 unspecified atom stereocenters. The number of imidazole rings is 1. The lowest BCUT2D eigenvalue weighted by molar-refractivity contribution is -0.149. The minimum absolute atomic E-state index is 0.0374. The number of aromatic amines is 3. The Kier molecular flexibility index (Phi) is 42.3. The molecule has 2 bridgehead atoms. The maximum Gasteiger partial charge on any atom is 0.305 e. The van der Waals surface area contributed by atoms with Crippen LogP contribution in [0, 0.1) is 30.1 Å². The first-order valence-corrected chi connectivity index (χ1v) is 48.9. The van der Waals surface area contributed by atoms with Gasteiger partial charge in [0.15, 0.2) is 0 Å². The fourth-order valence-electron chi connectivity index (χ4n) is 16.3. The Morgan fingerprint density at radius 2 is 1.06 bits per heavy atom. The van der Waals surface area contributed by atoms with Gasteiger partial charge in [-0.2, -0.15) is 0 Å². The smallest absolute Gasteiger partial charge is 0.305 e. The quantitative estimate of drug-likeness (QED) is 0.0130. The van der Waals surface area contributed by atoms with Crippen LogP contribution in [0.4, 0.5) is 0 Å². The minimum atomic E-state index is -2.10. The number of unbranched alkanes of at least 4 members (excludes halogenated alkanes) is 1. The standard InChI is InChI=1S/C92H127N21O24S2/c1-10-11-12-23-72(115)94-27-30-137-32-31-136-29-26-73(116)100-56-38-71-89(132)106-67(39-76(120)121)85(128)108-68-45-138-139-46-69(88(131)111-78(52(9)114)92(135)112-28-17-22-70(112)91(134)113(71)44-56)109-83(126)65(36-54-41-96-60-21-16-14-19-58(54)60)107-90(133)77(50(6)7)110-86(129)63(34-49(4)5)104-81(124)61(24-25-75(118)119)101-74(117)43-97-80(123)62(33-48(2)3)103-84(127)66(37-55-42-93-47-98-55)105-82(125)64(102-79(122)51(8)99-87(68)130)35-53-40-95-59-20-15-13-18-57(53)59/h1,13-16,18-21,40-42,47-52,56,61-71,77-78,95-96,114H,11-12,17,22-39,43-46H2,2-9H3,(H,93,98)(H,94,115)(H,97,123)(H,99,130)(H,100,116)(H,101,117)(H,102,122)(H,103,127)(H,104,124)(H,105,125)(H,106,132)(H,107,133)(H,108,128)(H,109,126)(H,110,129)(H,111,131)(H,118,119)(H,120,121)/t51-,52+,56-,61-,62-,63-,64-,65-,66-,67?,68-,69-,70+,71-,77-,78-/m0/s1. The van der Waals surface area contributed by atoms with Crippen LogP contribution in [0.15, 0.2) is 73.4 Å². The van der Waals surface area contributed by atoms with Crippen molar-refractivity contribution < 1.29 is 116 Å². The van der Waals surface area contributed by atoms with Gasteiger partial charge in [0.2, 0.25) is 100 Å². The lowest BCUT2D eigenvalue weighted by Gasteiger charge is -2.34. The molecule has 0 aliphatic carbocycles. The summed E-state index contributed by atoms with van der Waals surface area (Å²) in [6.45, 7) is 11.2. The number of terminal acetylenes is 1. The Morgan fingerprint density at radius 3 is 1.64 bits per heavy atom. The first-order chi connectivity index (χ1) is 66.2. The van der Waals surface area contributed by atoms with E-state index in [-0.39, 0.29) is 127 Å². The highest BCUT2D eigenvalue weighted by atomic mass is 33.1. The first kappa shape index (κ1) is 109.